The molecule has 0 unspecified atom stereocenters. The van der Waals surface area contributed by atoms with Gasteiger partial charge >= 0.3 is 0 Å². The van der Waals surface area contributed by atoms with E-state index in [2.05, 4.69) is 42.7 Å². The van der Waals surface area contributed by atoms with Crippen LogP contribution in [0.5, 0.6) is 5.75 Å². The van der Waals surface area contributed by atoms with Crippen molar-refractivity contribution >= 4 is 11.0 Å². The van der Waals surface area contributed by atoms with Crippen molar-refractivity contribution in [1.29, 1.82) is 0 Å². The molecule has 4 heteroatoms. The van der Waals surface area contributed by atoms with E-state index in [4.69, 9.17) is 14.8 Å². The number of aromatic nitrogens is 2. The quantitative estimate of drug-likeness (QED) is 0.575. The summed E-state index contributed by atoms with van der Waals surface area (Å²) in [5.74, 6) is 2.48. The second-order valence-corrected chi connectivity index (χ2v) is 6.89. The summed E-state index contributed by atoms with van der Waals surface area (Å²) in [7, 11) is 0. The summed E-state index contributed by atoms with van der Waals surface area (Å²) in [5, 5.41) is 9.15. The van der Waals surface area contributed by atoms with E-state index in [1.165, 1.54) is 5.56 Å². The number of fused-ring (bicyclic) bond motifs is 1. The Labute approximate surface area is 155 Å². The minimum Gasteiger partial charge on any atom is -0.493 e. The van der Waals surface area contributed by atoms with Crippen LogP contribution in [0.15, 0.2) is 48.5 Å². The van der Waals surface area contributed by atoms with Gasteiger partial charge in [-0.15, -0.1) is 0 Å². The van der Waals surface area contributed by atoms with Crippen LogP contribution in [0, 0.1) is 0 Å². The fraction of sp³-hybridized carbons (Fsp3) is 0.409. The summed E-state index contributed by atoms with van der Waals surface area (Å²) < 4.78 is 8.32. The van der Waals surface area contributed by atoms with Gasteiger partial charge in [-0.1, -0.05) is 44.2 Å². The zero-order chi connectivity index (χ0) is 18.4. The van der Waals surface area contributed by atoms with Crippen LogP contribution in [0.4, 0.5) is 0 Å². The second-order valence-electron chi connectivity index (χ2n) is 6.89. The molecule has 0 atom stereocenters. The Morgan fingerprint density at radius 2 is 1.81 bits per heavy atom. The van der Waals surface area contributed by atoms with Crippen LogP contribution in [0.3, 0.4) is 0 Å². The molecule has 0 bridgehead atoms. The lowest BCUT2D eigenvalue weighted by atomic mass is 10.0. The maximum absolute atomic E-state index is 9.15. The number of benzene rings is 2. The zero-order valence-electron chi connectivity index (χ0n) is 15.7. The lowest BCUT2D eigenvalue weighted by molar-refractivity contribution is 0.285. The third-order valence-electron chi connectivity index (χ3n) is 4.62. The second kappa shape index (κ2) is 8.86. The van der Waals surface area contributed by atoms with Gasteiger partial charge in [0.1, 0.15) is 11.6 Å². The SMILES string of the molecule is CC(C)c1ccccc1OCCCn1c(CCCO)nc2ccccc21. The van der Waals surface area contributed by atoms with Gasteiger partial charge in [-0.2, -0.15) is 0 Å². The molecule has 4 nitrogen and oxygen atoms in total. The van der Waals surface area contributed by atoms with Gasteiger partial charge in [-0.3, -0.25) is 0 Å². The Hall–Kier alpha value is -2.33. The number of aliphatic hydroxyl groups is 1. The van der Waals surface area contributed by atoms with E-state index in [1.54, 1.807) is 0 Å². The molecule has 26 heavy (non-hydrogen) atoms. The summed E-state index contributed by atoms with van der Waals surface area (Å²) >= 11 is 0. The van der Waals surface area contributed by atoms with E-state index in [0.717, 1.165) is 48.4 Å². The van der Waals surface area contributed by atoms with Crippen LogP contribution >= 0.6 is 0 Å². The summed E-state index contributed by atoms with van der Waals surface area (Å²) in [6.45, 7) is 6.11. The average Bonchev–Trinajstić information content (AvgIpc) is 3.01. The molecule has 0 radical (unpaired) electrons. The molecule has 0 aliphatic carbocycles. The summed E-state index contributed by atoms with van der Waals surface area (Å²) in [4.78, 5) is 4.74. The molecule has 0 aliphatic rings. The van der Waals surface area contributed by atoms with Crippen LogP contribution in [-0.4, -0.2) is 27.9 Å². The Morgan fingerprint density at radius 1 is 1.04 bits per heavy atom. The largest absolute Gasteiger partial charge is 0.493 e. The number of aliphatic hydroxyl groups excluding tert-OH is 1. The minimum atomic E-state index is 0.193. The highest BCUT2D eigenvalue weighted by atomic mass is 16.5. The predicted octanol–water partition coefficient (Wildman–Crippen LogP) is 4.55. The average molecular weight is 352 g/mol. The van der Waals surface area contributed by atoms with Crippen molar-refractivity contribution in [3.8, 4) is 5.75 Å². The fourth-order valence-corrected chi connectivity index (χ4v) is 3.30. The third-order valence-corrected chi connectivity index (χ3v) is 4.62. The van der Waals surface area contributed by atoms with Crippen molar-refractivity contribution in [1.82, 2.24) is 9.55 Å². The monoisotopic (exact) mass is 352 g/mol. The molecular formula is C22H28N2O2. The number of rotatable bonds is 9. The van der Waals surface area contributed by atoms with Gasteiger partial charge in [0.25, 0.3) is 0 Å². The standard InChI is InChI=1S/C22H28N2O2/c1-17(2)18-9-3-6-12-21(18)26-16-8-14-24-20-11-5-4-10-19(20)23-22(24)13-7-15-25/h3-6,9-12,17,25H,7-8,13-16H2,1-2H3. The van der Waals surface area contributed by atoms with Crippen molar-refractivity contribution in [2.75, 3.05) is 13.2 Å². The first-order valence-electron chi connectivity index (χ1n) is 9.47. The van der Waals surface area contributed by atoms with Gasteiger partial charge in [0.15, 0.2) is 0 Å². The molecular weight excluding hydrogens is 324 g/mol. The smallest absolute Gasteiger partial charge is 0.122 e. The lowest BCUT2D eigenvalue weighted by Crippen LogP contribution is -2.09. The highest BCUT2D eigenvalue weighted by molar-refractivity contribution is 5.75. The number of para-hydroxylation sites is 3. The highest BCUT2D eigenvalue weighted by Crippen LogP contribution is 2.26. The molecule has 138 valence electrons. The fourth-order valence-electron chi connectivity index (χ4n) is 3.30. The molecule has 3 rings (SSSR count). The molecule has 1 N–H and O–H groups in total. The normalized spacial score (nSPS) is 11.4. The Bertz CT molecular complexity index is 839. The molecule has 1 heterocycles. The van der Waals surface area contributed by atoms with Gasteiger partial charge in [0.05, 0.1) is 17.6 Å². The molecule has 2 aromatic carbocycles. The first-order chi connectivity index (χ1) is 12.7. The number of hydrogen-bond donors (Lipinski definition) is 1. The van der Waals surface area contributed by atoms with Crippen LogP contribution in [0.25, 0.3) is 11.0 Å². The zero-order valence-corrected chi connectivity index (χ0v) is 15.7. The minimum absolute atomic E-state index is 0.193. The van der Waals surface area contributed by atoms with Crippen LogP contribution in [0.1, 0.15) is 44.0 Å². The number of aryl methyl sites for hydroxylation is 2. The van der Waals surface area contributed by atoms with Gasteiger partial charge < -0.3 is 14.4 Å². The first-order valence-corrected chi connectivity index (χ1v) is 9.47. The molecule has 3 aromatic rings. The van der Waals surface area contributed by atoms with Crippen LogP contribution < -0.4 is 4.74 Å². The van der Waals surface area contributed by atoms with E-state index >= 15 is 0 Å². The molecule has 0 aliphatic heterocycles. The molecule has 0 saturated heterocycles. The molecule has 0 amide bonds. The van der Waals surface area contributed by atoms with Gasteiger partial charge in [-0.25, -0.2) is 4.98 Å². The third kappa shape index (κ3) is 4.25. The topological polar surface area (TPSA) is 47.3 Å². The molecule has 0 fully saturated rings. The van der Waals surface area contributed by atoms with Gasteiger partial charge in [0.2, 0.25) is 0 Å². The van der Waals surface area contributed by atoms with Crippen molar-refractivity contribution in [3.05, 3.63) is 59.9 Å². The van der Waals surface area contributed by atoms with Crippen LogP contribution in [0.2, 0.25) is 0 Å². The van der Waals surface area contributed by atoms with E-state index in [-0.39, 0.29) is 6.61 Å². The van der Waals surface area contributed by atoms with Crippen LogP contribution in [-0.2, 0) is 13.0 Å². The maximum atomic E-state index is 9.15. The molecule has 0 saturated carbocycles. The first kappa shape index (κ1) is 18.5. The summed E-state index contributed by atoms with van der Waals surface area (Å²) in [6, 6.07) is 16.5. The van der Waals surface area contributed by atoms with Crippen molar-refractivity contribution in [2.45, 2.75) is 45.6 Å². The van der Waals surface area contributed by atoms with Crippen molar-refractivity contribution in [3.63, 3.8) is 0 Å². The van der Waals surface area contributed by atoms with E-state index in [9.17, 15) is 0 Å². The van der Waals surface area contributed by atoms with Gasteiger partial charge in [0, 0.05) is 19.6 Å². The van der Waals surface area contributed by atoms with Crippen molar-refractivity contribution in [2.24, 2.45) is 0 Å². The summed E-state index contributed by atoms with van der Waals surface area (Å²) in [6.07, 6.45) is 2.45. The maximum Gasteiger partial charge on any atom is 0.122 e. The summed E-state index contributed by atoms with van der Waals surface area (Å²) in [5.41, 5.74) is 3.43. The number of ether oxygens (including phenoxy) is 1. The van der Waals surface area contributed by atoms with Gasteiger partial charge in [-0.05, 0) is 42.5 Å². The molecule has 0 spiro atoms. The number of nitrogens with zero attached hydrogens (tertiary/aromatic N) is 2. The Kier molecular flexibility index (Phi) is 6.29. The van der Waals surface area contributed by atoms with E-state index in [0.29, 0.717) is 12.5 Å². The number of imidazole rings is 1. The van der Waals surface area contributed by atoms with Crippen molar-refractivity contribution < 1.29 is 9.84 Å². The van der Waals surface area contributed by atoms with E-state index < -0.39 is 0 Å². The molecule has 1 aromatic heterocycles. The lowest BCUT2D eigenvalue weighted by Gasteiger charge is -2.14. The Balaban J connectivity index is 1.66. The predicted molar refractivity (Wildman–Crippen MR) is 106 cm³/mol. The number of hydrogen-bond acceptors (Lipinski definition) is 3. The van der Waals surface area contributed by atoms with E-state index in [1.807, 2.05) is 24.3 Å². The Morgan fingerprint density at radius 3 is 2.62 bits per heavy atom. The highest BCUT2D eigenvalue weighted by Gasteiger charge is 2.11.